The van der Waals surface area contributed by atoms with E-state index >= 15 is 0 Å². The van der Waals surface area contributed by atoms with Gasteiger partial charge in [0.15, 0.2) is 5.17 Å². The average molecular weight is 549 g/mol. The Morgan fingerprint density at radius 1 is 1.00 bits per heavy atom. The van der Waals surface area contributed by atoms with Gasteiger partial charge in [0.05, 0.1) is 26.0 Å². The molecule has 3 aromatic carbocycles. The van der Waals surface area contributed by atoms with Gasteiger partial charge in [-0.2, -0.15) is 10.1 Å². The highest BCUT2D eigenvalue weighted by Crippen LogP contribution is 2.39. The molecule has 5 rings (SSSR count). The number of aliphatic imine (C=N–C) groups is 1. The standard InChI is InChI=1S/C28H25ClN4O4S/c1-36-21-11-5-17(6-12-21)23-15-24(18-3-7-19(29)8-4-18)33(32-23)28-31-27(35)25(38-28)16-26(34)30-20-9-13-22(37-2)14-10-20/h3-14,24-25H,15-16H2,1-2H3,(H,30,34). The minimum absolute atomic E-state index is 0.00294. The van der Waals surface area contributed by atoms with E-state index in [0.717, 1.165) is 22.6 Å². The van der Waals surface area contributed by atoms with Crippen molar-refractivity contribution in [3.63, 3.8) is 0 Å². The zero-order valence-corrected chi connectivity index (χ0v) is 22.3. The normalized spacial score (nSPS) is 18.7. The molecule has 0 aliphatic carbocycles. The molecule has 2 aliphatic heterocycles. The van der Waals surface area contributed by atoms with Gasteiger partial charge in [-0.15, -0.1) is 0 Å². The number of rotatable bonds is 7. The second kappa shape index (κ2) is 11.3. The number of hydrogen-bond donors (Lipinski definition) is 1. The predicted octanol–water partition coefficient (Wildman–Crippen LogP) is 5.54. The lowest BCUT2D eigenvalue weighted by molar-refractivity contribution is -0.121. The predicted molar refractivity (Wildman–Crippen MR) is 150 cm³/mol. The number of hydrazone groups is 1. The molecule has 1 N–H and O–H groups in total. The number of halogens is 1. The first-order valence-corrected chi connectivity index (χ1v) is 13.2. The highest BCUT2D eigenvalue weighted by atomic mass is 35.5. The molecule has 2 unspecified atom stereocenters. The van der Waals surface area contributed by atoms with Crippen LogP contribution in [0.5, 0.6) is 11.5 Å². The van der Waals surface area contributed by atoms with Gasteiger partial charge in [-0.05, 0) is 71.8 Å². The van der Waals surface area contributed by atoms with Gasteiger partial charge in [-0.3, -0.25) is 9.59 Å². The van der Waals surface area contributed by atoms with Crippen molar-refractivity contribution in [3.8, 4) is 11.5 Å². The molecule has 2 amide bonds. The summed E-state index contributed by atoms with van der Waals surface area (Å²) < 4.78 is 10.4. The van der Waals surface area contributed by atoms with Crippen LogP contribution >= 0.6 is 23.4 Å². The van der Waals surface area contributed by atoms with Crippen molar-refractivity contribution in [2.45, 2.75) is 24.1 Å². The van der Waals surface area contributed by atoms with Gasteiger partial charge in [0, 0.05) is 23.6 Å². The van der Waals surface area contributed by atoms with E-state index in [1.54, 1.807) is 43.5 Å². The number of hydrogen-bond acceptors (Lipinski definition) is 7. The highest BCUT2D eigenvalue weighted by molar-refractivity contribution is 8.15. The van der Waals surface area contributed by atoms with E-state index in [2.05, 4.69) is 10.3 Å². The van der Waals surface area contributed by atoms with Crippen molar-refractivity contribution in [1.82, 2.24) is 5.01 Å². The van der Waals surface area contributed by atoms with Crippen LogP contribution in [0.3, 0.4) is 0 Å². The number of anilines is 1. The molecule has 0 spiro atoms. The van der Waals surface area contributed by atoms with E-state index in [1.165, 1.54) is 11.8 Å². The Balaban J connectivity index is 1.33. The summed E-state index contributed by atoms with van der Waals surface area (Å²) in [6.45, 7) is 0. The van der Waals surface area contributed by atoms with Gasteiger partial charge in [-0.25, -0.2) is 5.01 Å². The lowest BCUT2D eigenvalue weighted by Crippen LogP contribution is -2.25. The van der Waals surface area contributed by atoms with Gasteiger partial charge in [0.2, 0.25) is 5.91 Å². The number of nitrogens with zero attached hydrogens (tertiary/aromatic N) is 3. The van der Waals surface area contributed by atoms with Crippen molar-refractivity contribution in [1.29, 1.82) is 0 Å². The van der Waals surface area contributed by atoms with E-state index in [0.29, 0.717) is 28.0 Å². The zero-order chi connectivity index (χ0) is 26.6. The average Bonchev–Trinajstić information content (AvgIpc) is 3.53. The quantitative estimate of drug-likeness (QED) is 0.417. The molecule has 8 nitrogen and oxygen atoms in total. The van der Waals surface area contributed by atoms with Crippen LogP contribution in [0.1, 0.15) is 30.0 Å². The Morgan fingerprint density at radius 3 is 2.26 bits per heavy atom. The van der Waals surface area contributed by atoms with Crippen molar-refractivity contribution in [2.24, 2.45) is 10.1 Å². The summed E-state index contributed by atoms with van der Waals surface area (Å²) in [7, 11) is 3.20. The monoisotopic (exact) mass is 548 g/mol. The molecule has 10 heteroatoms. The maximum absolute atomic E-state index is 12.8. The van der Waals surface area contributed by atoms with E-state index in [-0.39, 0.29) is 24.3 Å². The summed E-state index contributed by atoms with van der Waals surface area (Å²) in [6.07, 6.45) is 0.612. The fourth-order valence-corrected chi connectivity index (χ4v) is 5.44. The van der Waals surface area contributed by atoms with E-state index < -0.39 is 5.25 Å². The van der Waals surface area contributed by atoms with Crippen LogP contribution in [0.4, 0.5) is 5.69 Å². The minimum atomic E-state index is -0.630. The lowest BCUT2D eigenvalue weighted by Gasteiger charge is -2.23. The van der Waals surface area contributed by atoms with E-state index in [1.807, 2.05) is 48.5 Å². The molecular formula is C28H25ClN4O4S. The minimum Gasteiger partial charge on any atom is -0.497 e. The third kappa shape index (κ3) is 5.69. The number of amidine groups is 1. The molecule has 2 atom stereocenters. The van der Waals surface area contributed by atoms with Crippen molar-refractivity contribution in [3.05, 3.63) is 88.9 Å². The zero-order valence-electron chi connectivity index (χ0n) is 20.8. The Bertz CT molecular complexity index is 1390. The summed E-state index contributed by atoms with van der Waals surface area (Å²) in [5.74, 6) is 0.835. The van der Waals surface area contributed by atoms with E-state index in [4.69, 9.17) is 26.2 Å². The first kappa shape index (κ1) is 25.8. The Kier molecular flexibility index (Phi) is 7.67. The summed E-state index contributed by atoms with van der Waals surface area (Å²) in [4.78, 5) is 29.8. The molecule has 0 radical (unpaired) electrons. The third-order valence-corrected chi connectivity index (χ3v) is 7.65. The van der Waals surface area contributed by atoms with Gasteiger partial charge in [0.1, 0.15) is 16.7 Å². The molecule has 0 fully saturated rings. The second-order valence-corrected chi connectivity index (χ2v) is 10.3. The first-order valence-electron chi connectivity index (χ1n) is 11.9. The Labute approximate surface area is 229 Å². The fraction of sp³-hybridized carbons (Fsp3) is 0.214. The van der Waals surface area contributed by atoms with Gasteiger partial charge < -0.3 is 14.8 Å². The van der Waals surface area contributed by atoms with Crippen LogP contribution in [0.15, 0.2) is 82.9 Å². The Hall–Kier alpha value is -3.82. The topological polar surface area (TPSA) is 92.6 Å². The van der Waals surface area contributed by atoms with Crippen LogP contribution in [-0.2, 0) is 9.59 Å². The number of methoxy groups -OCH3 is 2. The van der Waals surface area contributed by atoms with Crippen LogP contribution in [0.25, 0.3) is 0 Å². The fourth-order valence-electron chi connectivity index (χ4n) is 4.25. The van der Waals surface area contributed by atoms with Crippen molar-refractivity contribution < 1.29 is 19.1 Å². The van der Waals surface area contributed by atoms with Gasteiger partial charge in [0.25, 0.3) is 5.91 Å². The van der Waals surface area contributed by atoms with Crippen LogP contribution in [0, 0.1) is 0 Å². The molecule has 38 heavy (non-hydrogen) atoms. The molecule has 0 saturated carbocycles. The molecule has 0 bridgehead atoms. The molecule has 0 aromatic heterocycles. The van der Waals surface area contributed by atoms with Crippen LogP contribution in [0.2, 0.25) is 5.02 Å². The SMILES string of the molecule is COc1ccc(NC(=O)CC2SC(N3N=C(c4ccc(OC)cc4)CC3c3ccc(Cl)cc3)=NC2=O)cc1. The number of amides is 2. The molecule has 2 aliphatic rings. The number of benzene rings is 3. The summed E-state index contributed by atoms with van der Waals surface area (Å²) in [5, 5.41) is 9.96. The molecule has 194 valence electrons. The molecule has 0 saturated heterocycles. The second-order valence-electron chi connectivity index (χ2n) is 8.71. The summed E-state index contributed by atoms with van der Waals surface area (Å²) >= 11 is 7.38. The number of carbonyl (C=O) groups excluding carboxylic acids is 2. The lowest BCUT2D eigenvalue weighted by atomic mass is 9.98. The highest BCUT2D eigenvalue weighted by Gasteiger charge is 2.39. The Morgan fingerprint density at radius 2 is 1.63 bits per heavy atom. The molecule has 3 aromatic rings. The van der Waals surface area contributed by atoms with E-state index in [9.17, 15) is 9.59 Å². The number of carbonyl (C=O) groups is 2. The summed E-state index contributed by atoms with van der Waals surface area (Å²) in [6, 6.07) is 22.1. The van der Waals surface area contributed by atoms with Gasteiger partial charge in [-0.1, -0.05) is 35.5 Å². The number of nitrogens with one attached hydrogen (secondary N) is 1. The summed E-state index contributed by atoms with van der Waals surface area (Å²) in [5.41, 5.74) is 3.45. The maximum atomic E-state index is 12.8. The third-order valence-electron chi connectivity index (χ3n) is 6.26. The first-order chi connectivity index (χ1) is 18.4. The van der Waals surface area contributed by atoms with Crippen molar-refractivity contribution in [2.75, 3.05) is 19.5 Å². The smallest absolute Gasteiger partial charge is 0.262 e. The number of thioether (sulfide) groups is 1. The maximum Gasteiger partial charge on any atom is 0.262 e. The van der Waals surface area contributed by atoms with Crippen molar-refractivity contribution >= 4 is 51.7 Å². The van der Waals surface area contributed by atoms with Crippen LogP contribution in [-0.4, -0.2) is 47.2 Å². The largest absolute Gasteiger partial charge is 0.497 e. The molecule has 2 heterocycles. The number of ether oxygens (including phenoxy) is 2. The van der Waals surface area contributed by atoms with Gasteiger partial charge >= 0.3 is 0 Å². The van der Waals surface area contributed by atoms with Crippen LogP contribution < -0.4 is 14.8 Å². The molecular weight excluding hydrogens is 524 g/mol.